The predicted octanol–water partition coefficient (Wildman–Crippen LogP) is 4.86. The second-order valence-corrected chi connectivity index (χ2v) is 10.8. The van der Waals surface area contributed by atoms with Crippen molar-refractivity contribution in [2.75, 3.05) is 19.6 Å². The molecule has 8 heteroatoms. The highest BCUT2D eigenvalue weighted by Crippen LogP contribution is 2.28. The van der Waals surface area contributed by atoms with Crippen LogP contribution in [0.1, 0.15) is 91.8 Å². The molecule has 1 saturated heterocycles. The highest BCUT2D eigenvalue weighted by Gasteiger charge is 2.32. The summed E-state index contributed by atoms with van der Waals surface area (Å²) in [6.07, 6.45) is 10.4. The molecule has 1 saturated carbocycles. The Morgan fingerprint density at radius 3 is 1.89 bits per heavy atom. The van der Waals surface area contributed by atoms with Crippen LogP contribution in [0.25, 0.3) is 0 Å². The van der Waals surface area contributed by atoms with Gasteiger partial charge in [0.05, 0.1) is 11.4 Å². The van der Waals surface area contributed by atoms with Crippen LogP contribution in [-0.2, 0) is 22.4 Å². The summed E-state index contributed by atoms with van der Waals surface area (Å²) in [5, 5.41) is 8.02. The fourth-order valence-corrected chi connectivity index (χ4v) is 6.05. The Morgan fingerprint density at radius 2 is 1.39 bits per heavy atom. The number of hydrogen-bond acceptors (Lipinski definition) is 7. The summed E-state index contributed by atoms with van der Waals surface area (Å²) >= 11 is 0. The van der Waals surface area contributed by atoms with Crippen molar-refractivity contribution in [3.63, 3.8) is 0 Å². The van der Waals surface area contributed by atoms with Crippen molar-refractivity contribution in [3.05, 3.63) is 34.0 Å². The quantitative estimate of drug-likeness (QED) is 0.462. The van der Waals surface area contributed by atoms with Gasteiger partial charge < -0.3 is 9.05 Å². The van der Waals surface area contributed by atoms with E-state index < -0.39 is 0 Å². The third-order valence-corrected chi connectivity index (χ3v) is 8.25. The molecule has 2 aromatic rings. The smallest absolute Gasteiger partial charge is 0.229 e. The first-order valence-electron chi connectivity index (χ1n) is 13.7. The number of amides is 2. The standard InChI is InChI=1S/C28H42N4O4/c1-19-25(21(3)35-29-19)12-14-27(33)32(28(34)15-13-26-20(2)30-36-22(26)4)18-24-11-8-16-31(24)17-23-9-6-5-7-10-23/h23-24H,5-18H2,1-4H3/t24-/m1/s1. The second kappa shape index (κ2) is 12.2. The molecule has 0 N–H and O–H groups in total. The minimum atomic E-state index is -0.108. The van der Waals surface area contributed by atoms with Gasteiger partial charge in [0.25, 0.3) is 0 Å². The number of nitrogens with zero attached hydrogens (tertiary/aromatic N) is 4. The molecule has 0 aromatic carbocycles. The van der Waals surface area contributed by atoms with E-state index in [1.807, 2.05) is 27.7 Å². The zero-order valence-corrected chi connectivity index (χ0v) is 22.5. The number of carbonyl (C=O) groups is 2. The molecule has 2 aromatic heterocycles. The van der Waals surface area contributed by atoms with E-state index in [2.05, 4.69) is 15.2 Å². The van der Waals surface area contributed by atoms with E-state index in [1.54, 1.807) is 4.90 Å². The Kier molecular flexibility index (Phi) is 8.99. The average Bonchev–Trinajstić information content (AvgIpc) is 3.54. The number of carbonyl (C=O) groups excluding carboxylic acids is 2. The largest absolute Gasteiger partial charge is 0.361 e. The van der Waals surface area contributed by atoms with Crippen molar-refractivity contribution in [3.8, 4) is 0 Å². The molecule has 2 fully saturated rings. The summed E-state index contributed by atoms with van der Waals surface area (Å²) < 4.78 is 10.5. The Hall–Kier alpha value is -2.48. The van der Waals surface area contributed by atoms with E-state index in [1.165, 1.54) is 32.1 Å². The van der Waals surface area contributed by atoms with E-state index in [-0.39, 0.29) is 30.7 Å². The van der Waals surface area contributed by atoms with Gasteiger partial charge in [0.2, 0.25) is 11.8 Å². The summed E-state index contributed by atoms with van der Waals surface area (Å²) in [6.45, 7) is 10.2. The third kappa shape index (κ3) is 6.44. The second-order valence-electron chi connectivity index (χ2n) is 10.8. The van der Waals surface area contributed by atoms with Crippen molar-refractivity contribution < 1.29 is 18.6 Å². The van der Waals surface area contributed by atoms with Gasteiger partial charge in [-0.2, -0.15) is 0 Å². The van der Waals surface area contributed by atoms with E-state index in [4.69, 9.17) is 9.05 Å². The molecule has 0 spiro atoms. The fraction of sp³-hybridized carbons (Fsp3) is 0.714. The topological polar surface area (TPSA) is 92.7 Å². The lowest BCUT2D eigenvalue weighted by Crippen LogP contribution is -2.47. The van der Waals surface area contributed by atoms with Gasteiger partial charge in [0.15, 0.2) is 0 Å². The molecule has 2 aliphatic rings. The van der Waals surface area contributed by atoms with Gasteiger partial charge >= 0.3 is 0 Å². The first kappa shape index (κ1) is 26.6. The number of aromatic nitrogens is 2. The summed E-state index contributed by atoms with van der Waals surface area (Å²) in [4.78, 5) is 31.1. The number of likely N-dealkylation sites (tertiary alicyclic amines) is 1. The summed E-state index contributed by atoms with van der Waals surface area (Å²) in [6, 6.07) is 0.248. The molecule has 8 nitrogen and oxygen atoms in total. The Morgan fingerprint density at radius 1 is 0.833 bits per heavy atom. The number of aryl methyl sites for hydroxylation is 4. The highest BCUT2D eigenvalue weighted by molar-refractivity contribution is 5.95. The van der Waals surface area contributed by atoms with Crippen LogP contribution in [0.5, 0.6) is 0 Å². The number of rotatable bonds is 10. The molecule has 3 heterocycles. The lowest BCUT2D eigenvalue weighted by atomic mass is 9.89. The summed E-state index contributed by atoms with van der Waals surface area (Å²) in [5.74, 6) is 2.02. The lowest BCUT2D eigenvalue weighted by Gasteiger charge is -2.33. The third-order valence-electron chi connectivity index (χ3n) is 8.25. The molecule has 198 valence electrons. The summed E-state index contributed by atoms with van der Waals surface area (Å²) in [7, 11) is 0. The van der Waals surface area contributed by atoms with Crippen LogP contribution in [0.2, 0.25) is 0 Å². The molecule has 1 aliphatic heterocycles. The van der Waals surface area contributed by atoms with Crippen molar-refractivity contribution in [1.29, 1.82) is 0 Å². The van der Waals surface area contributed by atoms with Crippen LogP contribution in [-0.4, -0.2) is 57.6 Å². The van der Waals surface area contributed by atoms with Crippen LogP contribution < -0.4 is 0 Å². The van der Waals surface area contributed by atoms with Crippen LogP contribution in [0.4, 0.5) is 0 Å². The maximum atomic E-state index is 13.5. The predicted molar refractivity (Wildman–Crippen MR) is 136 cm³/mol. The van der Waals surface area contributed by atoms with Crippen LogP contribution in [0.15, 0.2) is 9.05 Å². The minimum absolute atomic E-state index is 0.108. The maximum Gasteiger partial charge on any atom is 0.229 e. The van der Waals surface area contributed by atoms with Gasteiger partial charge in [-0.05, 0) is 78.7 Å². The van der Waals surface area contributed by atoms with Crippen LogP contribution >= 0.6 is 0 Å². The van der Waals surface area contributed by atoms with Crippen molar-refractivity contribution in [2.24, 2.45) is 5.92 Å². The maximum absolute atomic E-state index is 13.5. The first-order valence-corrected chi connectivity index (χ1v) is 13.7. The SMILES string of the molecule is Cc1noc(C)c1CCC(=O)N(C[C@H]1CCCN1CC1CCCCC1)C(=O)CCc1c(C)noc1C. The van der Waals surface area contributed by atoms with Gasteiger partial charge in [-0.15, -0.1) is 0 Å². The molecule has 0 radical (unpaired) electrons. The molecular formula is C28H42N4O4. The number of imide groups is 1. The highest BCUT2D eigenvalue weighted by atomic mass is 16.5. The van der Waals surface area contributed by atoms with E-state index in [9.17, 15) is 9.59 Å². The molecule has 4 rings (SSSR count). The number of hydrogen-bond donors (Lipinski definition) is 0. The normalized spacial score (nSPS) is 19.2. The van der Waals surface area contributed by atoms with Crippen molar-refractivity contribution in [1.82, 2.24) is 20.1 Å². The van der Waals surface area contributed by atoms with Gasteiger partial charge in [-0.3, -0.25) is 19.4 Å². The molecule has 2 amide bonds. The molecule has 0 bridgehead atoms. The molecule has 1 atom stereocenters. The average molecular weight is 499 g/mol. The lowest BCUT2D eigenvalue weighted by molar-refractivity contribution is -0.145. The van der Waals surface area contributed by atoms with Gasteiger partial charge in [0.1, 0.15) is 11.5 Å². The van der Waals surface area contributed by atoms with Crippen molar-refractivity contribution in [2.45, 2.75) is 104 Å². The molecular weight excluding hydrogens is 456 g/mol. The zero-order chi connectivity index (χ0) is 25.7. The summed E-state index contributed by atoms with van der Waals surface area (Å²) in [5.41, 5.74) is 3.55. The van der Waals surface area contributed by atoms with Gasteiger partial charge in [0, 0.05) is 43.1 Å². The van der Waals surface area contributed by atoms with Crippen molar-refractivity contribution >= 4 is 11.8 Å². The van der Waals surface area contributed by atoms with Gasteiger partial charge in [-0.1, -0.05) is 29.6 Å². The van der Waals surface area contributed by atoms with Crippen LogP contribution in [0.3, 0.4) is 0 Å². The molecule has 0 unspecified atom stereocenters. The monoisotopic (exact) mass is 498 g/mol. The Balaban J connectivity index is 1.44. The minimum Gasteiger partial charge on any atom is -0.361 e. The Bertz CT molecular complexity index is 935. The Labute approximate surface area is 214 Å². The fourth-order valence-electron chi connectivity index (χ4n) is 6.05. The molecule has 1 aliphatic carbocycles. The van der Waals surface area contributed by atoms with E-state index >= 15 is 0 Å². The van der Waals surface area contributed by atoms with Crippen LogP contribution in [0, 0.1) is 33.6 Å². The zero-order valence-electron chi connectivity index (χ0n) is 22.5. The van der Waals surface area contributed by atoms with Gasteiger partial charge in [-0.25, -0.2) is 0 Å². The molecule has 36 heavy (non-hydrogen) atoms. The van der Waals surface area contributed by atoms with E-state index in [0.29, 0.717) is 19.4 Å². The van der Waals surface area contributed by atoms with E-state index in [0.717, 1.165) is 65.9 Å². The first-order chi connectivity index (χ1) is 17.3.